The van der Waals surface area contributed by atoms with E-state index in [9.17, 15) is 18.3 Å². The number of aromatic carboxylic acids is 1. The Kier molecular flexibility index (Phi) is 4.22. The molecular weight excluding hydrogens is 298 g/mol. The Morgan fingerprint density at radius 2 is 2.10 bits per heavy atom. The van der Waals surface area contributed by atoms with Gasteiger partial charge in [0.1, 0.15) is 10.6 Å². The second-order valence-electron chi connectivity index (χ2n) is 5.07. The highest BCUT2D eigenvalue weighted by Crippen LogP contribution is 2.34. The normalized spacial score (nSPS) is 17.0. The molecule has 8 heteroatoms. The first-order chi connectivity index (χ1) is 9.83. The molecule has 2 rings (SSSR count). The molecular formula is C13H17NO6S. The SMILES string of the molecule is COc1ccc(C(=O)O)cc1S(=O)(=O)NC1(CO)CCC1. The summed E-state index contributed by atoms with van der Waals surface area (Å²) in [5.74, 6) is -1.17. The largest absolute Gasteiger partial charge is 0.495 e. The van der Waals surface area contributed by atoms with Crippen LogP contribution in [0.25, 0.3) is 0 Å². The zero-order valence-electron chi connectivity index (χ0n) is 11.5. The Labute approximate surface area is 122 Å². The van der Waals surface area contributed by atoms with Crippen molar-refractivity contribution < 1.29 is 28.2 Å². The predicted octanol–water partition coefficient (Wildman–Crippen LogP) is 0.587. The molecule has 0 spiro atoms. The third-order valence-electron chi connectivity index (χ3n) is 3.66. The van der Waals surface area contributed by atoms with Gasteiger partial charge in [-0.25, -0.2) is 17.9 Å². The number of hydrogen-bond donors (Lipinski definition) is 3. The van der Waals surface area contributed by atoms with Crippen LogP contribution >= 0.6 is 0 Å². The molecule has 0 saturated heterocycles. The number of carboxylic acids is 1. The first-order valence-corrected chi connectivity index (χ1v) is 7.88. The van der Waals surface area contributed by atoms with Gasteiger partial charge in [0.25, 0.3) is 0 Å². The third kappa shape index (κ3) is 3.02. The smallest absolute Gasteiger partial charge is 0.335 e. The molecule has 0 radical (unpaired) electrons. The van der Waals surface area contributed by atoms with E-state index in [0.29, 0.717) is 12.8 Å². The van der Waals surface area contributed by atoms with Crippen LogP contribution in [-0.2, 0) is 10.0 Å². The van der Waals surface area contributed by atoms with Gasteiger partial charge in [0.15, 0.2) is 0 Å². The molecule has 1 aromatic carbocycles. The van der Waals surface area contributed by atoms with Gasteiger partial charge in [0.2, 0.25) is 10.0 Å². The Morgan fingerprint density at radius 3 is 2.52 bits per heavy atom. The van der Waals surface area contributed by atoms with E-state index in [0.717, 1.165) is 12.5 Å². The molecule has 0 heterocycles. The molecule has 1 aliphatic carbocycles. The molecule has 116 valence electrons. The Hall–Kier alpha value is -1.64. The third-order valence-corrected chi connectivity index (χ3v) is 5.26. The summed E-state index contributed by atoms with van der Waals surface area (Å²) in [6.07, 6.45) is 1.92. The number of methoxy groups -OCH3 is 1. The van der Waals surface area contributed by atoms with E-state index in [1.807, 2.05) is 0 Å². The van der Waals surface area contributed by atoms with Crippen LogP contribution in [0, 0.1) is 0 Å². The molecule has 0 aliphatic heterocycles. The van der Waals surface area contributed by atoms with E-state index in [1.54, 1.807) is 0 Å². The minimum Gasteiger partial charge on any atom is -0.495 e. The van der Waals surface area contributed by atoms with Crippen LogP contribution in [0.1, 0.15) is 29.6 Å². The summed E-state index contributed by atoms with van der Waals surface area (Å²) in [6, 6.07) is 3.61. The maximum Gasteiger partial charge on any atom is 0.335 e. The number of carbonyl (C=O) groups is 1. The molecule has 0 amide bonds. The van der Waals surface area contributed by atoms with Crippen LogP contribution in [0.15, 0.2) is 23.1 Å². The van der Waals surface area contributed by atoms with Gasteiger partial charge in [-0.05, 0) is 37.5 Å². The summed E-state index contributed by atoms with van der Waals surface area (Å²) >= 11 is 0. The molecule has 7 nitrogen and oxygen atoms in total. The Balaban J connectivity index is 2.43. The molecule has 1 aromatic rings. The zero-order valence-corrected chi connectivity index (χ0v) is 12.3. The van der Waals surface area contributed by atoms with Crippen LogP contribution in [-0.4, -0.2) is 43.9 Å². The second-order valence-corrected chi connectivity index (χ2v) is 6.72. The van der Waals surface area contributed by atoms with Crippen molar-refractivity contribution in [2.24, 2.45) is 0 Å². The van der Waals surface area contributed by atoms with Gasteiger partial charge in [0, 0.05) is 0 Å². The quantitative estimate of drug-likeness (QED) is 0.708. The molecule has 1 aliphatic rings. The highest BCUT2D eigenvalue weighted by Gasteiger charge is 2.41. The monoisotopic (exact) mass is 315 g/mol. The average molecular weight is 315 g/mol. The van der Waals surface area contributed by atoms with Crippen molar-refractivity contribution in [1.29, 1.82) is 0 Å². The van der Waals surface area contributed by atoms with Crippen LogP contribution < -0.4 is 9.46 Å². The number of benzene rings is 1. The lowest BCUT2D eigenvalue weighted by Gasteiger charge is -2.40. The van der Waals surface area contributed by atoms with E-state index in [-0.39, 0.29) is 22.8 Å². The maximum atomic E-state index is 12.5. The predicted molar refractivity (Wildman–Crippen MR) is 73.9 cm³/mol. The number of hydrogen-bond acceptors (Lipinski definition) is 5. The summed E-state index contributed by atoms with van der Waals surface area (Å²) in [7, 11) is -2.68. The van der Waals surface area contributed by atoms with Gasteiger partial charge < -0.3 is 14.9 Å². The molecule has 21 heavy (non-hydrogen) atoms. The van der Waals surface area contributed by atoms with Crippen molar-refractivity contribution in [2.45, 2.75) is 29.7 Å². The fourth-order valence-electron chi connectivity index (χ4n) is 2.26. The van der Waals surface area contributed by atoms with E-state index in [1.165, 1.54) is 19.2 Å². The molecule has 0 aromatic heterocycles. The molecule has 3 N–H and O–H groups in total. The topological polar surface area (TPSA) is 113 Å². The summed E-state index contributed by atoms with van der Waals surface area (Å²) in [5, 5.41) is 18.3. The summed E-state index contributed by atoms with van der Waals surface area (Å²) in [6.45, 7) is -0.298. The van der Waals surface area contributed by atoms with Crippen molar-refractivity contribution in [2.75, 3.05) is 13.7 Å². The van der Waals surface area contributed by atoms with Gasteiger partial charge in [-0.3, -0.25) is 0 Å². The lowest BCUT2D eigenvalue weighted by Crippen LogP contribution is -2.56. The number of ether oxygens (including phenoxy) is 1. The molecule has 0 atom stereocenters. The van der Waals surface area contributed by atoms with Crippen LogP contribution in [0.3, 0.4) is 0 Å². The highest BCUT2D eigenvalue weighted by atomic mass is 32.2. The van der Waals surface area contributed by atoms with Crippen molar-refractivity contribution in [3.8, 4) is 5.75 Å². The second kappa shape index (κ2) is 5.63. The molecule has 0 bridgehead atoms. The summed E-state index contributed by atoms with van der Waals surface area (Å²) in [5.41, 5.74) is -1.01. The number of aliphatic hydroxyl groups is 1. The molecule has 0 unspecified atom stereocenters. The maximum absolute atomic E-state index is 12.5. The minimum atomic E-state index is -3.99. The Bertz CT molecular complexity index is 645. The number of carboxylic acid groups (broad SMARTS) is 1. The first-order valence-electron chi connectivity index (χ1n) is 6.40. The van der Waals surface area contributed by atoms with E-state index < -0.39 is 21.5 Å². The number of nitrogens with one attached hydrogen (secondary N) is 1. The van der Waals surface area contributed by atoms with Crippen LogP contribution in [0.4, 0.5) is 0 Å². The van der Waals surface area contributed by atoms with Crippen LogP contribution in [0.2, 0.25) is 0 Å². The van der Waals surface area contributed by atoms with Crippen LogP contribution in [0.5, 0.6) is 5.75 Å². The van der Waals surface area contributed by atoms with Crippen molar-refractivity contribution >= 4 is 16.0 Å². The fourth-order valence-corrected chi connectivity index (χ4v) is 3.90. The first kappa shape index (κ1) is 15.7. The van der Waals surface area contributed by atoms with E-state index in [4.69, 9.17) is 9.84 Å². The van der Waals surface area contributed by atoms with Gasteiger partial charge in [0.05, 0.1) is 24.8 Å². The lowest BCUT2D eigenvalue weighted by molar-refractivity contribution is 0.0696. The summed E-state index contributed by atoms with van der Waals surface area (Å²) in [4.78, 5) is 10.7. The lowest BCUT2D eigenvalue weighted by atomic mass is 9.78. The van der Waals surface area contributed by atoms with E-state index >= 15 is 0 Å². The Morgan fingerprint density at radius 1 is 1.43 bits per heavy atom. The standard InChI is InChI=1S/C13H17NO6S/c1-20-10-4-3-9(12(16)17)7-11(10)21(18,19)14-13(8-15)5-2-6-13/h3-4,7,14-15H,2,5-6,8H2,1H3,(H,16,17). The highest BCUT2D eigenvalue weighted by molar-refractivity contribution is 7.89. The van der Waals surface area contributed by atoms with Gasteiger partial charge in [-0.2, -0.15) is 0 Å². The van der Waals surface area contributed by atoms with E-state index in [2.05, 4.69) is 4.72 Å². The van der Waals surface area contributed by atoms with Gasteiger partial charge in [-0.15, -0.1) is 0 Å². The zero-order chi connectivity index (χ0) is 15.7. The number of aliphatic hydroxyl groups excluding tert-OH is 1. The van der Waals surface area contributed by atoms with Crippen molar-refractivity contribution in [3.63, 3.8) is 0 Å². The number of rotatable bonds is 6. The minimum absolute atomic E-state index is 0.0555. The summed E-state index contributed by atoms with van der Waals surface area (Å²) < 4.78 is 32.4. The fraction of sp³-hybridized carbons (Fsp3) is 0.462. The molecule has 1 fully saturated rings. The van der Waals surface area contributed by atoms with Gasteiger partial charge >= 0.3 is 5.97 Å². The van der Waals surface area contributed by atoms with Crippen molar-refractivity contribution in [3.05, 3.63) is 23.8 Å². The number of sulfonamides is 1. The van der Waals surface area contributed by atoms with Crippen molar-refractivity contribution in [1.82, 2.24) is 4.72 Å². The van der Waals surface area contributed by atoms with Gasteiger partial charge in [-0.1, -0.05) is 0 Å². The molecule has 1 saturated carbocycles. The average Bonchev–Trinajstić information content (AvgIpc) is 2.42.